The molecule has 1 amide bonds. The first-order valence-corrected chi connectivity index (χ1v) is 6.58. The molecule has 0 aromatic heterocycles. The second-order valence-corrected chi connectivity index (χ2v) is 5.03. The third kappa shape index (κ3) is 3.33. The van der Waals surface area contributed by atoms with E-state index in [0.717, 1.165) is 12.8 Å². The fraction of sp³-hybridized carbons (Fsp3) is 0.533. The predicted octanol–water partition coefficient (Wildman–Crippen LogP) is 2.35. The lowest BCUT2D eigenvalue weighted by Crippen LogP contribution is -2.34. The average Bonchev–Trinajstić information content (AvgIpc) is 2.38. The topological polar surface area (TPSA) is 38.3 Å². The Hall–Kier alpha value is -1.35. The molecule has 1 N–H and O–H groups in total. The molecule has 2 rings (SSSR count). The molecule has 18 heavy (non-hydrogen) atoms. The minimum Gasteiger partial charge on any atom is -0.381 e. The number of aryl methyl sites for hydroxylation is 2. The standard InChI is InChI=1S/C15H21NO2/c1-11-3-4-14(12(2)9-11)10-16-15(17)13-5-7-18-8-6-13/h3-4,9,13H,5-8,10H2,1-2H3,(H,16,17). The molecule has 1 heterocycles. The molecule has 0 unspecified atom stereocenters. The van der Waals surface area contributed by atoms with Crippen LogP contribution in [0.5, 0.6) is 0 Å². The van der Waals surface area contributed by atoms with Crippen LogP contribution in [0.4, 0.5) is 0 Å². The number of hydrogen-bond acceptors (Lipinski definition) is 2. The third-order valence-electron chi connectivity index (χ3n) is 3.54. The van der Waals surface area contributed by atoms with E-state index < -0.39 is 0 Å². The summed E-state index contributed by atoms with van der Waals surface area (Å²) < 4.78 is 5.26. The van der Waals surface area contributed by atoms with Crippen LogP contribution in [-0.2, 0) is 16.1 Å². The van der Waals surface area contributed by atoms with Crippen LogP contribution in [0.15, 0.2) is 18.2 Å². The van der Waals surface area contributed by atoms with Gasteiger partial charge in [-0.25, -0.2) is 0 Å². The molecule has 1 saturated heterocycles. The van der Waals surface area contributed by atoms with Gasteiger partial charge in [-0.2, -0.15) is 0 Å². The van der Waals surface area contributed by atoms with Gasteiger partial charge in [0.2, 0.25) is 5.91 Å². The van der Waals surface area contributed by atoms with Crippen LogP contribution in [0.2, 0.25) is 0 Å². The maximum Gasteiger partial charge on any atom is 0.223 e. The van der Waals surface area contributed by atoms with E-state index in [1.165, 1.54) is 16.7 Å². The smallest absolute Gasteiger partial charge is 0.223 e. The summed E-state index contributed by atoms with van der Waals surface area (Å²) in [6, 6.07) is 6.33. The number of ether oxygens (including phenoxy) is 1. The number of rotatable bonds is 3. The quantitative estimate of drug-likeness (QED) is 0.890. The first-order valence-electron chi connectivity index (χ1n) is 6.58. The van der Waals surface area contributed by atoms with Gasteiger partial charge in [0.1, 0.15) is 0 Å². The maximum atomic E-state index is 12.0. The number of carbonyl (C=O) groups excluding carboxylic acids is 1. The van der Waals surface area contributed by atoms with Crippen molar-refractivity contribution >= 4 is 5.91 Å². The Morgan fingerprint density at radius 1 is 1.33 bits per heavy atom. The number of nitrogens with one attached hydrogen (secondary N) is 1. The summed E-state index contributed by atoms with van der Waals surface area (Å²) in [4.78, 5) is 12.0. The summed E-state index contributed by atoms with van der Waals surface area (Å²) in [7, 11) is 0. The predicted molar refractivity (Wildman–Crippen MR) is 71.3 cm³/mol. The molecule has 0 aliphatic carbocycles. The van der Waals surface area contributed by atoms with Gasteiger partial charge in [0.15, 0.2) is 0 Å². The molecule has 0 spiro atoms. The molecule has 0 atom stereocenters. The van der Waals surface area contributed by atoms with E-state index in [1.54, 1.807) is 0 Å². The monoisotopic (exact) mass is 247 g/mol. The van der Waals surface area contributed by atoms with Crippen molar-refractivity contribution in [3.05, 3.63) is 34.9 Å². The van der Waals surface area contributed by atoms with Gasteiger partial charge in [0.05, 0.1) is 0 Å². The number of hydrogen-bond donors (Lipinski definition) is 1. The van der Waals surface area contributed by atoms with Gasteiger partial charge in [0, 0.05) is 25.7 Å². The van der Waals surface area contributed by atoms with Crippen molar-refractivity contribution in [3.63, 3.8) is 0 Å². The van der Waals surface area contributed by atoms with Crippen molar-refractivity contribution in [3.8, 4) is 0 Å². The minimum absolute atomic E-state index is 0.129. The van der Waals surface area contributed by atoms with E-state index in [-0.39, 0.29) is 11.8 Å². The molecule has 3 nitrogen and oxygen atoms in total. The average molecular weight is 247 g/mol. The molecule has 1 fully saturated rings. The highest BCUT2D eigenvalue weighted by atomic mass is 16.5. The molecule has 98 valence electrons. The lowest BCUT2D eigenvalue weighted by Gasteiger charge is -2.21. The summed E-state index contributed by atoms with van der Waals surface area (Å²) in [5.41, 5.74) is 3.69. The van der Waals surface area contributed by atoms with Crippen molar-refractivity contribution in [1.29, 1.82) is 0 Å². The number of carbonyl (C=O) groups is 1. The SMILES string of the molecule is Cc1ccc(CNC(=O)C2CCOCC2)c(C)c1. The molecular weight excluding hydrogens is 226 g/mol. The molecule has 1 aliphatic rings. The van der Waals surface area contributed by atoms with Crippen molar-refractivity contribution in [2.45, 2.75) is 33.2 Å². The summed E-state index contributed by atoms with van der Waals surface area (Å²) >= 11 is 0. The highest BCUT2D eigenvalue weighted by Gasteiger charge is 2.21. The van der Waals surface area contributed by atoms with Crippen LogP contribution in [0.1, 0.15) is 29.5 Å². The second-order valence-electron chi connectivity index (χ2n) is 5.03. The molecular formula is C15H21NO2. The summed E-state index contributed by atoms with van der Waals surface area (Å²) in [6.07, 6.45) is 1.69. The van der Waals surface area contributed by atoms with Gasteiger partial charge >= 0.3 is 0 Å². The lowest BCUT2D eigenvalue weighted by molar-refractivity contribution is -0.128. The largest absolute Gasteiger partial charge is 0.381 e. The Balaban J connectivity index is 1.88. The van der Waals surface area contributed by atoms with Crippen LogP contribution < -0.4 is 5.32 Å². The lowest BCUT2D eigenvalue weighted by atomic mass is 9.99. The summed E-state index contributed by atoms with van der Waals surface area (Å²) in [5.74, 6) is 0.294. The van der Waals surface area contributed by atoms with Crippen LogP contribution in [0.25, 0.3) is 0 Å². The molecule has 1 aliphatic heterocycles. The van der Waals surface area contributed by atoms with Gasteiger partial charge < -0.3 is 10.1 Å². The Morgan fingerprint density at radius 2 is 2.06 bits per heavy atom. The van der Waals surface area contributed by atoms with Gasteiger partial charge in [-0.15, -0.1) is 0 Å². The maximum absolute atomic E-state index is 12.0. The van der Waals surface area contributed by atoms with E-state index in [0.29, 0.717) is 19.8 Å². The van der Waals surface area contributed by atoms with Crippen molar-refractivity contribution in [2.24, 2.45) is 5.92 Å². The number of benzene rings is 1. The van der Waals surface area contributed by atoms with E-state index in [1.807, 2.05) is 0 Å². The minimum atomic E-state index is 0.129. The molecule has 0 saturated carbocycles. The van der Waals surface area contributed by atoms with Crippen LogP contribution in [0.3, 0.4) is 0 Å². The fourth-order valence-corrected chi connectivity index (χ4v) is 2.33. The van der Waals surface area contributed by atoms with Crippen molar-refractivity contribution in [2.75, 3.05) is 13.2 Å². The zero-order valence-electron chi connectivity index (χ0n) is 11.2. The molecule has 0 radical (unpaired) electrons. The van der Waals surface area contributed by atoms with E-state index in [9.17, 15) is 4.79 Å². The third-order valence-corrected chi connectivity index (χ3v) is 3.54. The molecule has 0 bridgehead atoms. The zero-order chi connectivity index (χ0) is 13.0. The molecule has 1 aromatic carbocycles. The van der Waals surface area contributed by atoms with Gasteiger partial charge in [-0.1, -0.05) is 23.8 Å². The second kappa shape index (κ2) is 6.01. The van der Waals surface area contributed by atoms with Gasteiger partial charge in [0.25, 0.3) is 0 Å². The highest BCUT2D eigenvalue weighted by Crippen LogP contribution is 2.15. The fourth-order valence-electron chi connectivity index (χ4n) is 2.33. The summed E-state index contributed by atoms with van der Waals surface area (Å²) in [5, 5.41) is 3.03. The summed E-state index contributed by atoms with van der Waals surface area (Å²) in [6.45, 7) is 6.21. The molecule has 3 heteroatoms. The Morgan fingerprint density at radius 3 is 2.72 bits per heavy atom. The first kappa shape index (κ1) is 13.1. The Kier molecular flexibility index (Phi) is 4.37. The van der Waals surface area contributed by atoms with Gasteiger partial charge in [-0.05, 0) is 37.8 Å². The van der Waals surface area contributed by atoms with Crippen molar-refractivity contribution < 1.29 is 9.53 Å². The normalized spacial score (nSPS) is 16.6. The zero-order valence-corrected chi connectivity index (χ0v) is 11.2. The van der Waals surface area contributed by atoms with E-state index in [4.69, 9.17) is 4.74 Å². The Bertz CT molecular complexity index is 423. The van der Waals surface area contributed by atoms with E-state index in [2.05, 4.69) is 37.4 Å². The Labute approximate surface area is 109 Å². The molecule has 1 aromatic rings. The number of amides is 1. The van der Waals surface area contributed by atoms with Gasteiger partial charge in [-0.3, -0.25) is 4.79 Å². The van der Waals surface area contributed by atoms with E-state index >= 15 is 0 Å². The highest BCUT2D eigenvalue weighted by molar-refractivity contribution is 5.78. The van der Waals surface area contributed by atoms with Crippen LogP contribution in [0, 0.1) is 19.8 Å². The van der Waals surface area contributed by atoms with Crippen molar-refractivity contribution in [1.82, 2.24) is 5.32 Å². The first-order chi connectivity index (χ1) is 8.66. The van der Waals surface area contributed by atoms with Crippen LogP contribution in [-0.4, -0.2) is 19.1 Å². The van der Waals surface area contributed by atoms with Crippen LogP contribution >= 0.6 is 0 Å².